The number of benzene rings is 1. The molecule has 0 saturated carbocycles. The van der Waals surface area contributed by atoms with Crippen LogP contribution >= 0.6 is 0 Å². The van der Waals surface area contributed by atoms with Gasteiger partial charge in [-0.15, -0.1) is 0 Å². The van der Waals surface area contributed by atoms with Crippen molar-refractivity contribution in [3.05, 3.63) is 23.8 Å². The van der Waals surface area contributed by atoms with Crippen molar-refractivity contribution in [1.82, 2.24) is 0 Å². The van der Waals surface area contributed by atoms with Crippen molar-refractivity contribution in [3.63, 3.8) is 0 Å². The van der Waals surface area contributed by atoms with Gasteiger partial charge in [-0.3, -0.25) is 0 Å². The second kappa shape index (κ2) is 6.47. The standard InChI is InChI=1S/C14H23N3O3/c1-5-17(9-14(2,3)18)12-8-10(20-4)6-7-11(12)13(15)16-19/h6-8,18-19H,5,9H2,1-4H3,(H2,15,16). The van der Waals surface area contributed by atoms with E-state index in [0.717, 1.165) is 5.69 Å². The number of ether oxygens (including phenoxy) is 1. The lowest BCUT2D eigenvalue weighted by Crippen LogP contribution is -2.39. The van der Waals surface area contributed by atoms with Gasteiger partial charge >= 0.3 is 0 Å². The molecule has 20 heavy (non-hydrogen) atoms. The Hall–Kier alpha value is -1.95. The molecule has 0 aliphatic rings. The molecule has 0 heterocycles. The van der Waals surface area contributed by atoms with Gasteiger partial charge in [0.2, 0.25) is 0 Å². The number of oxime groups is 1. The minimum absolute atomic E-state index is 0.0249. The summed E-state index contributed by atoms with van der Waals surface area (Å²) in [5.74, 6) is 0.695. The molecule has 0 aromatic heterocycles. The van der Waals surface area contributed by atoms with E-state index in [4.69, 9.17) is 15.7 Å². The van der Waals surface area contributed by atoms with Crippen molar-refractivity contribution in [1.29, 1.82) is 0 Å². The minimum atomic E-state index is -0.860. The maximum atomic E-state index is 10.0. The summed E-state index contributed by atoms with van der Waals surface area (Å²) in [6, 6.07) is 5.29. The highest BCUT2D eigenvalue weighted by molar-refractivity contribution is 6.02. The monoisotopic (exact) mass is 281 g/mol. The maximum Gasteiger partial charge on any atom is 0.172 e. The van der Waals surface area contributed by atoms with E-state index in [9.17, 15) is 5.11 Å². The van der Waals surface area contributed by atoms with E-state index in [0.29, 0.717) is 24.4 Å². The van der Waals surface area contributed by atoms with Crippen LogP contribution in [0.4, 0.5) is 5.69 Å². The third-order valence-corrected chi connectivity index (χ3v) is 2.89. The summed E-state index contributed by atoms with van der Waals surface area (Å²) < 4.78 is 5.22. The lowest BCUT2D eigenvalue weighted by molar-refractivity contribution is 0.0876. The van der Waals surface area contributed by atoms with E-state index in [1.54, 1.807) is 33.1 Å². The molecule has 6 nitrogen and oxygen atoms in total. The predicted molar refractivity (Wildman–Crippen MR) is 79.7 cm³/mol. The number of likely N-dealkylation sites (N-methyl/N-ethyl adjacent to an activating group) is 1. The average Bonchev–Trinajstić information content (AvgIpc) is 2.42. The number of nitrogens with two attached hydrogens (primary N) is 1. The van der Waals surface area contributed by atoms with Gasteiger partial charge in [0.05, 0.1) is 18.4 Å². The Balaban J connectivity index is 3.29. The van der Waals surface area contributed by atoms with Crippen molar-refractivity contribution >= 4 is 11.5 Å². The van der Waals surface area contributed by atoms with E-state index in [1.807, 2.05) is 17.9 Å². The van der Waals surface area contributed by atoms with Crippen LogP contribution in [0.2, 0.25) is 0 Å². The minimum Gasteiger partial charge on any atom is -0.497 e. The topological polar surface area (TPSA) is 91.3 Å². The first kappa shape index (κ1) is 16.1. The summed E-state index contributed by atoms with van der Waals surface area (Å²) in [4.78, 5) is 1.95. The van der Waals surface area contributed by atoms with Gasteiger partial charge in [-0.05, 0) is 32.9 Å². The molecule has 0 amide bonds. The summed E-state index contributed by atoms with van der Waals surface area (Å²) in [5, 5.41) is 22.0. The Morgan fingerprint density at radius 3 is 2.55 bits per heavy atom. The number of hydrogen-bond donors (Lipinski definition) is 3. The van der Waals surface area contributed by atoms with Crippen molar-refractivity contribution in [3.8, 4) is 5.75 Å². The highest BCUT2D eigenvalue weighted by Gasteiger charge is 2.21. The van der Waals surface area contributed by atoms with E-state index in [2.05, 4.69) is 5.16 Å². The molecule has 0 aliphatic heterocycles. The number of hydrogen-bond acceptors (Lipinski definition) is 5. The Kier molecular flexibility index (Phi) is 5.21. The second-order valence-corrected chi connectivity index (χ2v) is 5.19. The van der Waals surface area contributed by atoms with Crippen molar-refractivity contribution in [2.24, 2.45) is 10.9 Å². The number of nitrogens with zero attached hydrogens (tertiary/aromatic N) is 2. The molecule has 0 bridgehead atoms. The third kappa shape index (κ3) is 4.03. The molecule has 0 spiro atoms. The molecule has 0 saturated heterocycles. The number of amidine groups is 1. The van der Waals surface area contributed by atoms with Crippen LogP contribution in [0.15, 0.2) is 23.4 Å². The van der Waals surface area contributed by atoms with Crippen molar-refractivity contribution in [2.45, 2.75) is 26.4 Å². The normalized spacial score (nSPS) is 12.3. The fraction of sp³-hybridized carbons (Fsp3) is 0.500. The Labute approximate surface area is 119 Å². The lowest BCUT2D eigenvalue weighted by atomic mass is 10.1. The smallest absolute Gasteiger partial charge is 0.172 e. The maximum absolute atomic E-state index is 10.0. The first-order valence-electron chi connectivity index (χ1n) is 6.45. The molecule has 0 unspecified atom stereocenters. The van der Waals surface area contributed by atoms with Gasteiger partial charge in [-0.2, -0.15) is 0 Å². The number of anilines is 1. The Bertz CT molecular complexity index is 481. The lowest BCUT2D eigenvalue weighted by Gasteiger charge is -2.31. The molecule has 6 heteroatoms. The van der Waals surface area contributed by atoms with Crippen LogP contribution in [0.25, 0.3) is 0 Å². The van der Waals surface area contributed by atoms with Crippen LogP contribution in [0.5, 0.6) is 5.75 Å². The van der Waals surface area contributed by atoms with Crippen LogP contribution in [0, 0.1) is 0 Å². The van der Waals surface area contributed by atoms with Crippen LogP contribution in [-0.2, 0) is 0 Å². The first-order valence-corrected chi connectivity index (χ1v) is 6.45. The van der Waals surface area contributed by atoms with E-state index >= 15 is 0 Å². The summed E-state index contributed by atoms with van der Waals surface area (Å²) in [7, 11) is 1.58. The number of methoxy groups -OCH3 is 1. The highest BCUT2D eigenvalue weighted by Crippen LogP contribution is 2.27. The molecule has 0 aliphatic carbocycles. The van der Waals surface area contributed by atoms with Gasteiger partial charge < -0.3 is 25.7 Å². The van der Waals surface area contributed by atoms with Gasteiger partial charge in [-0.1, -0.05) is 5.16 Å². The zero-order valence-corrected chi connectivity index (χ0v) is 12.4. The number of rotatable bonds is 6. The molecule has 0 fully saturated rings. The fourth-order valence-corrected chi connectivity index (χ4v) is 2.00. The second-order valence-electron chi connectivity index (χ2n) is 5.19. The van der Waals surface area contributed by atoms with Crippen LogP contribution in [0.1, 0.15) is 26.3 Å². The van der Waals surface area contributed by atoms with Crippen LogP contribution < -0.4 is 15.4 Å². The van der Waals surface area contributed by atoms with Crippen molar-refractivity contribution in [2.75, 3.05) is 25.1 Å². The molecule has 1 aromatic carbocycles. The molecule has 1 aromatic rings. The predicted octanol–water partition coefficient (Wildman–Crippen LogP) is 1.39. The van der Waals surface area contributed by atoms with Gasteiger partial charge in [0.1, 0.15) is 5.75 Å². The van der Waals surface area contributed by atoms with Gasteiger partial charge in [0.15, 0.2) is 5.84 Å². The van der Waals surface area contributed by atoms with E-state index < -0.39 is 5.60 Å². The van der Waals surface area contributed by atoms with Gasteiger partial charge in [0.25, 0.3) is 0 Å². The fourth-order valence-electron chi connectivity index (χ4n) is 2.00. The largest absolute Gasteiger partial charge is 0.497 e. The molecular formula is C14H23N3O3. The summed E-state index contributed by atoms with van der Waals surface area (Å²) in [5.41, 5.74) is 6.20. The Morgan fingerprint density at radius 1 is 1.45 bits per heavy atom. The quantitative estimate of drug-likeness (QED) is 0.317. The van der Waals surface area contributed by atoms with Gasteiger partial charge in [-0.25, -0.2) is 0 Å². The van der Waals surface area contributed by atoms with E-state index in [-0.39, 0.29) is 5.84 Å². The van der Waals surface area contributed by atoms with Crippen LogP contribution in [0.3, 0.4) is 0 Å². The van der Waals surface area contributed by atoms with Crippen molar-refractivity contribution < 1.29 is 15.1 Å². The molecule has 1 rings (SSSR count). The van der Waals surface area contributed by atoms with Crippen LogP contribution in [-0.4, -0.2) is 41.9 Å². The average molecular weight is 281 g/mol. The summed E-state index contributed by atoms with van der Waals surface area (Å²) >= 11 is 0. The SMILES string of the molecule is CCN(CC(C)(C)O)c1cc(OC)ccc1/C(N)=N/O. The molecule has 4 N–H and O–H groups in total. The third-order valence-electron chi connectivity index (χ3n) is 2.89. The van der Waals surface area contributed by atoms with Gasteiger partial charge in [0, 0.05) is 24.7 Å². The first-order chi connectivity index (χ1) is 9.32. The zero-order valence-electron chi connectivity index (χ0n) is 12.4. The molecule has 0 atom stereocenters. The summed E-state index contributed by atoms with van der Waals surface area (Å²) in [6.45, 7) is 6.53. The molecule has 0 radical (unpaired) electrons. The number of aliphatic hydroxyl groups is 1. The molecular weight excluding hydrogens is 258 g/mol. The van der Waals surface area contributed by atoms with E-state index in [1.165, 1.54) is 0 Å². The zero-order chi connectivity index (χ0) is 15.3. The Morgan fingerprint density at radius 2 is 2.10 bits per heavy atom. The summed E-state index contributed by atoms with van der Waals surface area (Å²) in [6.07, 6.45) is 0. The highest BCUT2D eigenvalue weighted by atomic mass is 16.5. The molecule has 112 valence electrons.